The summed E-state index contributed by atoms with van der Waals surface area (Å²) in [5.41, 5.74) is 0.576. The number of H-pyrrole nitrogens is 1. The van der Waals surface area contributed by atoms with Crippen molar-refractivity contribution in [1.82, 2.24) is 19.9 Å². The van der Waals surface area contributed by atoms with Gasteiger partial charge in [0.05, 0.1) is 23.9 Å². The number of aromatic nitrogens is 4. The second-order valence-corrected chi connectivity index (χ2v) is 7.03. The molecule has 0 aliphatic rings. The lowest BCUT2D eigenvalue weighted by Crippen LogP contribution is -2.21. The number of alkyl halides is 2. The first kappa shape index (κ1) is 22.2. The summed E-state index contributed by atoms with van der Waals surface area (Å²) < 4.78 is 32.9. The maximum absolute atomic E-state index is 13.8. The normalized spacial score (nSPS) is 12.2. The van der Waals surface area contributed by atoms with Gasteiger partial charge < -0.3 is 25.3 Å². The quantitative estimate of drug-likeness (QED) is 0.321. The van der Waals surface area contributed by atoms with Crippen molar-refractivity contribution in [1.29, 1.82) is 0 Å². The molecule has 0 unspecified atom stereocenters. The van der Waals surface area contributed by atoms with E-state index in [2.05, 4.69) is 25.3 Å². The Bertz CT molecular complexity index is 1270. The van der Waals surface area contributed by atoms with Gasteiger partial charge in [0.15, 0.2) is 0 Å². The minimum Gasteiger partial charge on any atom is -0.491 e. The third-order valence-corrected chi connectivity index (χ3v) is 4.71. The van der Waals surface area contributed by atoms with Gasteiger partial charge in [-0.3, -0.25) is 9.78 Å². The third-order valence-electron chi connectivity index (χ3n) is 4.71. The Hall–Kier alpha value is -3.96. The van der Waals surface area contributed by atoms with Crippen LogP contribution in [0.25, 0.3) is 22.4 Å². The van der Waals surface area contributed by atoms with E-state index in [4.69, 9.17) is 9.84 Å². The Labute approximate surface area is 186 Å². The average molecular weight is 455 g/mol. The minimum absolute atomic E-state index is 0.106. The van der Waals surface area contributed by atoms with Gasteiger partial charge in [0.2, 0.25) is 0 Å². The van der Waals surface area contributed by atoms with Gasteiger partial charge in [-0.15, -0.1) is 0 Å². The summed E-state index contributed by atoms with van der Waals surface area (Å²) in [6.45, 7) is -0.757. The van der Waals surface area contributed by atoms with Crippen LogP contribution in [-0.4, -0.2) is 55.4 Å². The molecular weight excluding hydrogens is 436 g/mol. The lowest BCUT2D eigenvalue weighted by atomic mass is 10.1. The first-order chi connectivity index (χ1) is 16.0. The van der Waals surface area contributed by atoms with E-state index in [9.17, 15) is 18.7 Å². The highest BCUT2D eigenvalue weighted by Crippen LogP contribution is 2.34. The average Bonchev–Trinajstić information content (AvgIpc) is 3.27. The third kappa shape index (κ3) is 4.94. The number of hydrogen-bond acceptors (Lipinski definition) is 7. The summed E-state index contributed by atoms with van der Waals surface area (Å²) in [6.07, 6.45) is 0.343. The number of aliphatic hydroxyl groups excluding tert-OH is 2. The van der Waals surface area contributed by atoms with Crippen LogP contribution in [0.5, 0.6) is 5.75 Å². The molecule has 0 radical (unpaired) electrons. The van der Waals surface area contributed by atoms with Crippen LogP contribution in [0.4, 0.5) is 14.6 Å². The zero-order chi connectivity index (χ0) is 23.4. The molecule has 3 heterocycles. The number of pyridine rings is 2. The highest BCUT2D eigenvalue weighted by molar-refractivity contribution is 6.11. The van der Waals surface area contributed by atoms with Crippen molar-refractivity contribution in [2.75, 3.05) is 18.5 Å². The number of aromatic amines is 1. The van der Waals surface area contributed by atoms with Crippen molar-refractivity contribution in [2.24, 2.45) is 0 Å². The molecule has 4 N–H and O–H groups in total. The zero-order valence-corrected chi connectivity index (χ0v) is 17.1. The molecule has 0 aliphatic heterocycles. The molecule has 11 heteroatoms. The van der Waals surface area contributed by atoms with Crippen LogP contribution in [-0.2, 0) is 0 Å². The van der Waals surface area contributed by atoms with Crippen molar-refractivity contribution >= 4 is 22.8 Å². The Balaban J connectivity index is 1.67. The molecule has 4 rings (SSSR count). The van der Waals surface area contributed by atoms with Crippen LogP contribution in [0.2, 0.25) is 0 Å². The predicted molar refractivity (Wildman–Crippen MR) is 115 cm³/mol. The molecule has 3 aromatic heterocycles. The van der Waals surface area contributed by atoms with Crippen LogP contribution in [0, 0.1) is 0 Å². The lowest BCUT2D eigenvalue weighted by Gasteiger charge is -2.13. The first-order valence-electron chi connectivity index (χ1n) is 9.86. The van der Waals surface area contributed by atoms with Crippen molar-refractivity contribution in [3.8, 4) is 17.1 Å². The summed E-state index contributed by atoms with van der Waals surface area (Å²) in [5, 5.41) is 20.9. The fourth-order valence-corrected chi connectivity index (χ4v) is 3.12. The summed E-state index contributed by atoms with van der Waals surface area (Å²) in [4.78, 5) is 28.1. The minimum atomic E-state index is -2.84. The predicted octanol–water partition coefficient (Wildman–Crippen LogP) is 2.94. The van der Waals surface area contributed by atoms with Gasteiger partial charge in [0, 0.05) is 23.5 Å². The van der Waals surface area contributed by atoms with E-state index >= 15 is 0 Å². The lowest BCUT2D eigenvalue weighted by molar-refractivity contribution is 0.0534. The maximum atomic E-state index is 13.8. The molecule has 1 amide bonds. The maximum Gasteiger partial charge on any atom is 0.264 e. The van der Waals surface area contributed by atoms with Gasteiger partial charge in [-0.1, -0.05) is 6.07 Å². The summed E-state index contributed by atoms with van der Waals surface area (Å²) in [5.74, 6) is 0.0826. The number of aliphatic hydroxyl groups is 2. The number of carbonyl (C=O) groups excluding carboxylic acids is 1. The van der Waals surface area contributed by atoms with Gasteiger partial charge in [-0.25, -0.2) is 18.7 Å². The fourth-order valence-electron chi connectivity index (χ4n) is 3.12. The standard InChI is InChI=1S/C22H19F2N5O4/c23-20(24)15-7-13(33-11-12(31)10-30)4-5-14(15)21-27-17-9-25-8-16(19(17)29-21)22(32)28-18-3-1-2-6-26-18/h1-9,12,20,30-31H,10-11H2,(H,27,29)(H,26,28,32)/t12-/m1/s1. The first-order valence-corrected chi connectivity index (χ1v) is 9.86. The highest BCUT2D eigenvalue weighted by atomic mass is 19.3. The number of rotatable bonds is 8. The van der Waals surface area contributed by atoms with E-state index in [1.54, 1.807) is 18.2 Å². The number of amides is 1. The van der Waals surface area contributed by atoms with Crippen molar-refractivity contribution < 1.29 is 28.5 Å². The van der Waals surface area contributed by atoms with Crippen LogP contribution < -0.4 is 10.1 Å². The molecule has 33 heavy (non-hydrogen) atoms. The molecule has 0 fully saturated rings. The van der Waals surface area contributed by atoms with Gasteiger partial charge in [-0.05, 0) is 30.3 Å². The van der Waals surface area contributed by atoms with E-state index in [0.29, 0.717) is 11.3 Å². The molecule has 0 aliphatic carbocycles. The highest BCUT2D eigenvalue weighted by Gasteiger charge is 2.21. The van der Waals surface area contributed by atoms with Crippen LogP contribution in [0.15, 0.2) is 55.0 Å². The second kappa shape index (κ2) is 9.67. The van der Waals surface area contributed by atoms with Gasteiger partial charge >= 0.3 is 0 Å². The number of ether oxygens (including phenoxy) is 1. The van der Waals surface area contributed by atoms with Crippen LogP contribution in [0.3, 0.4) is 0 Å². The molecule has 1 atom stereocenters. The smallest absolute Gasteiger partial charge is 0.264 e. The van der Waals surface area contributed by atoms with Crippen molar-refractivity contribution in [3.05, 3.63) is 66.1 Å². The van der Waals surface area contributed by atoms with Crippen molar-refractivity contribution in [2.45, 2.75) is 12.5 Å². The molecule has 4 aromatic rings. The van der Waals surface area contributed by atoms with E-state index < -0.39 is 25.0 Å². The number of nitrogens with one attached hydrogen (secondary N) is 2. The molecule has 1 aromatic carbocycles. The van der Waals surface area contributed by atoms with E-state index in [1.807, 2.05) is 0 Å². The molecule has 9 nitrogen and oxygen atoms in total. The number of carbonyl (C=O) groups is 1. The fraction of sp³-hybridized carbons (Fsp3) is 0.182. The summed E-state index contributed by atoms with van der Waals surface area (Å²) >= 11 is 0. The molecule has 0 spiro atoms. The Morgan fingerprint density at radius 1 is 1.21 bits per heavy atom. The number of nitrogens with zero attached hydrogens (tertiary/aromatic N) is 3. The SMILES string of the molecule is O=C(Nc1ccccn1)c1cncc2[nH]c(-c3ccc(OC[C@H](O)CO)cc3C(F)F)nc12. The van der Waals surface area contributed by atoms with Gasteiger partial charge in [0.1, 0.15) is 35.6 Å². The van der Waals surface area contributed by atoms with Crippen LogP contribution in [0.1, 0.15) is 22.3 Å². The zero-order valence-electron chi connectivity index (χ0n) is 17.1. The molecule has 0 saturated heterocycles. The van der Waals surface area contributed by atoms with E-state index in [0.717, 1.165) is 6.07 Å². The van der Waals surface area contributed by atoms with Crippen molar-refractivity contribution in [3.63, 3.8) is 0 Å². The van der Waals surface area contributed by atoms with Gasteiger partial charge in [-0.2, -0.15) is 0 Å². The number of hydrogen-bond donors (Lipinski definition) is 4. The molecule has 170 valence electrons. The number of anilines is 1. The monoisotopic (exact) mass is 455 g/mol. The van der Waals surface area contributed by atoms with E-state index in [-0.39, 0.29) is 40.4 Å². The Morgan fingerprint density at radius 3 is 2.79 bits per heavy atom. The number of imidazole rings is 1. The summed E-state index contributed by atoms with van der Waals surface area (Å²) in [7, 11) is 0. The van der Waals surface area contributed by atoms with Crippen LogP contribution >= 0.6 is 0 Å². The Morgan fingerprint density at radius 2 is 2.06 bits per heavy atom. The molecular formula is C22H19F2N5O4. The molecule has 0 saturated carbocycles. The summed E-state index contributed by atoms with van der Waals surface area (Å²) in [6, 6.07) is 9.05. The number of fused-ring (bicyclic) bond motifs is 1. The van der Waals surface area contributed by atoms with Gasteiger partial charge in [0.25, 0.3) is 12.3 Å². The largest absolute Gasteiger partial charge is 0.491 e. The van der Waals surface area contributed by atoms with E-state index in [1.165, 1.54) is 30.7 Å². The molecule has 0 bridgehead atoms. The number of halogens is 2. The second-order valence-electron chi connectivity index (χ2n) is 7.03. The topological polar surface area (TPSA) is 133 Å². The Kier molecular flexibility index (Phi) is 6.52. The number of benzene rings is 1.